The maximum Gasteiger partial charge on any atom is 0.319 e. The molecule has 1 saturated heterocycles. The summed E-state index contributed by atoms with van der Waals surface area (Å²) in [7, 11) is 3.58. The molecule has 3 heterocycles. The molecule has 2 aliphatic heterocycles. The number of aromatic nitrogens is 2. The van der Waals surface area contributed by atoms with Gasteiger partial charge in [-0.3, -0.25) is 4.68 Å². The highest BCUT2D eigenvalue weighted by molar-refractivity contribution is 5.74. The molecular formula is C17H28N4O3. The first-order chi connectivity index (χ1) is 11.6. The van der Waals surface area contributed by atoms with E-state index in [1.807, 2.05) is 17.2 Å². The fourth-order valence-corrected chi connectivity index (χ4v) is 3.41. The van der Waals surface area contributed by atoms with Crippen molar-refractivity contribution < 1.29 is 14.3 Å². The highest BCUT2D eigenvalue weighted by Crippen LogP contribution is 2.24. The number of fused-ring (bicyclic) bond motifs is 1. The van der Waals surface area contributed by atoms with Gasteiger partial charge in [0.25, 0.3) is 0 Å². The second-order valence-corrected chi connectivity index (χ2v) is 6.90. The number of hydrogen-bond donors (Lipinski definition) is 0. The first-order valence-corrected chi connectivity index (χ1v) is 8.79. The highest BCUT2D eigenvalue weighted by atomic mass is 16.5. The lowest BCUT2D eigenvalue weighted by Gasteiger charge is -2.35. The number of amides is 2. The van der Waals surface area contributed by atoms with Gasteiger partial charge >= 0.3 is 6.03 Å². The fraction of sp³-hybridized carbons (Fsp3) is 0.765. The predicted octanol–water partition coefficient (Wildman–Crippen LogP) is 1.75. The van der Waals surface area contributed by atoms with Crippen LogP contribution in [0, 0.1) is 5.92 Å². The largest absolute Gasteiger partial charge is 0.381 e. The van der Waals surface area contributed by atoms with Gasteiger partial charge < -0.3 is 19.3 Å². The van der Waals surface area contributed by atoms with Crippen molar-refractivity contribution in [3.8, 4) is 0 Å². The van der Waals surface area contributed by atoms with Crippen molar-refractivity contribution >= 4 is 6.03 Å². The van der Waals surface area contributed by atoms with E-state index in [9.17, 15) is 4.79 Å². The minimum atomic E-state index is 0.0515. The first-order valence-electron chi connectivity index (χ1n) is 8.79. The minimum Gasteiger partial charge on any atom is -0.381 e. The van der Waals surface area contributed by atoms with E-state index in [2.05, 4.69) is 9.78 Å². The summed E-state index contributed by atoms with van der Waals surface area (Å²) < 4.78 is 13.3. The Morgan fingerprint density at radius 3 is 2.96 bits per heavy atom. The van der Waals surface area contributed by atoms with Crippen molar-refractivity contribution in [3.63, 3.8) is 0 Å². The van der Waals surface area contributed by atoms with E-state index in [0.29, 0.717) is 25.6 Å². The monoisotopic (exact) mass is 336 g/mol. The van der Waals surface area contributed by atoms with Crippen molar-refractivity contribution in [3.05, 3.63) is 18.0 Å². The van der Waals surface area contributed by atoms with E-state index >= 15 is 0 Å². The number of urea groups is 1. The smallest absolute Gasteiger partial charge is 0.319 e. The lowest BCUT2D eigenvalue weighted by molar-refractivity contribution is 0.0161. The molecule has 1 aromatic heterocycles. The number of carbonyl (C=O) groups excluding carboxylic acids is 1. The maximum atomic E-state index is 12.3. The van der Waals surface area contributed by atoms with Gasteiger partial charge in [-0.2, -0.15) is 5.10 Å². The van der Waals surface area contributed by atoms with Crippen molar-refractivity contribution in [1.29, 1.82) is 0 Å². The summed E-state index contributed by atoms with van der Waals surface area (Å²) in [5.41, 5.74) is 1.09. The molecule has 0 saturated carbocycles. The molecule has 3 rings (SSSR count). The van der Waals surface area contributed by atoms with E-state index in [-0.39, 0.29) is 12.1 Å². The highest BCUT2D eigenvalue weighted by Gasteiger charge is 2.29. The molecule has 0 spiro atoms. The van der Waals surface area contributed by atoms with Crippen molar-refractivity contribution in [1.82, 2.24) is 19.6 Å². The molecule has 2 aliphatic rings. The van der Waals surface area contributed by atoms with E-state index in [0.717, 1.165) is 44.8 Å². The summed E-state index contributed by atoms with van der Waals surface area (Å²) in [6.07, 6.45) is 4.87. The summed E-state index contributed by atoms with van der Waals surface area (Å²) in [6, 6.07) is 2.23. The molecule has 0 aliphatic carbocycles. The first kappa shape index (κ1) is 17.2. The Morgan fingerprint density at radius 1 is 1.42 bits per heavy atom. The van der Waals surface area contributed by atoms with Gasteiger partial charge in [-0.1, -0.05) is 0 Å². The fourth-order valence-electron chi connectivity index (χ4n) is 3.41. The number of hydrogen-bond acceptors (Lipinski definition) is 4. The topological polar surface area (TPSA) is 59.8 Å². The van der Waals surface area contributed by atoms with Gasteiger partial charge in [0.05, 0.1) is 18.3 Å². The van der Waals surface area contributed by atoms with E-state index in [1.54, 1.807) is 19.0 Å². The summed E-state index contributed by atoms with van der Waals surface area (Å²) in [4.78, 5) is 15.8. The molecule has 134 valence electrons. The molecule has 24 heavy (non-hydrogen) atoms. The zero-order valence-corrected chi connectivity index (χ0v) is 14.7. The molecule has 0 bridgehead atoms. The van der Waals surface area contributed by atoms with Gasteiger partial charge in [-0.15, -0.1) is 0 Å². The molecule has 1 fully saturated rings. The van der Waals surface area contributed by atoms with Crippen LogP contribution < -0.4 is 0 Å². The standard InChI is InChI=1S/C17H28N4O3/c1-19(2)17(22)20-11-15-3-7-18-21(15)16(12-20)6-10-24-13-14-4-8-23-9-5-14/h3,7,14,16H,4-6,8-13H2,1-2H3/t16-/m1/s1. The SMILES string of the molecule is CN(C)C(=O)N1Cc2ccnn2[C@H](CCOCC2CCOCC2)C1. The Balaban J connectivity index is 1.51. The molecule has 1 aromatic rings. The van der Waals surface area contributed by atoms with Crippen molar-refractivity contribution in [2.45, 2.75) is 31.8 Å². The zero-order valence-electron chi connectivity index (χ0n) is 14.7. The zero-order chi connectivity index (χ0) is 16.9. The summed E-state index contributed by atoms with van der Waals surface area (Å²) >= 11 is 0. The predicted molar refractivity (Wildman–Crippen MR) is 89.7 cm³/mol. The van der Waals surface area contributed by atoms with Crippen LogP contribution >= 0.6 is 0 Å². The van der Waals surface area contributed by atoms with Crippen LogP contribution in [0.3, 0.4) is 0 Å². The molecule has 2 amide bonds. The molecule has 0 unspecified atom stereocenters. The maximum absolute atomic E-state index is 12.3. The molecule has 0 N–H and O–H groups in total. The van der Waals surface area contributed by atoms with E-state index < -0.39 is 0 Å². The summed E-state index contributed by atoms with van der Waals surface area (Å²) in [5, 5.41) is 4.44. The van der Waals surface area contributed by atoms with Crippen LogP contribution in [0.5, 0.6) is 0 Å². The Kier molecular flexibility index (Phi) is 5.73. The van der Waals surface area contributed by atoms with Gasteiger partial charge in [0.15, 0.2) is 0 Å². The Labute approximate surface area is 143 Å². The lowest BCUT2D eigenvalue weighted by Crippen LogP contribution is -2.45. The molecule has 7 nitrogen and oxygen atoms in total. The Hall–Kier alpha value is -1.60. The Morgan fingerprint density at radius 2 is 2.21 bits per heavy atom. The average Bonchev–Trinajstić information content (AvgIpc) is 3.07. The summed E-state index contributed by atoms with van der Waals surface area (Å²) in [6.45, 7) is 4.53. The third-order valence-corrected chi connectivity index (χ3v) is 4.83. The average molecular weight is 336 g/mol. The van der Waals surface area contributed by atoms with Crippen LogP contribution in [0.1, 0.15) is 31.0 Å². The second-order valence-electron chi connectivity index (χ2n) is 6.90. The second kappa shape index (κ2) is 7.98. The number of nitrogens with zero attached hydrogens (tertiary/aromatic N) is 4. The van der Waals surface area contributed by atoms with Crippen LogP contribution in [0.15, 0.2) is 12.3 Å². The minimum absolute atomic E-state index is 0.0515. The number of carbonyl (C=O) groups is 1. The van der Waals surface area contributed by atoms with Gasteiger partial charge in [-0.05, 0) is 31.2 Å². The third-order valence-electron chi connectivity index (χ3n) is 4.83. The van der Waals surface area contributed by atoms with Gasteiger partial charge in [0, 0.05) is 53.3 Å². The lowest BCUT2D eigenvalue weighted by atomic mass is 10.0. The molecule has 1 atom stereocenters. The van der Waals surface area contributed by atoms with Crippen LogP contribution in [0.25, 0.3) is 0 Å². The third kappa shape index (κ3) is 4.08. The van der Waals surface area contributed by atoms with Gasteiger partial charge in [-0.25, -0.2) is 4.79 Å². The van der Waals surface area contributed by atoms with Gasteiger partial charge in [0.2, 0.25) is 0 Å². The quantitative estimate of drug-likeness (QED) is 0.769. The van der Waals surface area contributed by atoms with Crippen LogP contribution in [0.2, 0.25) is 0 Å². The van der Waals surface area contributed by atoms with Crippen molar-refractivity contribution in [2.75, 3.05) is 47.1 Å². The van der Waals surface area contributed by atoms with E-state index in [1.165, 1.54) is 0 Å². The molecule has 0 radical (unpaired) electrons. The Bertz CT molecular complexity index is 540. The van der Waals surface area contributed by atoms with E-state index in [4.69, 9.17) is 9.47 Å². The summed E-state index contributed by atoms with van der Waals surface area (Å²) in [5.74, 6) is 0.622. The van der Waals surface area contributed by atoms with Crippen LogP contribution in [-0.2, 0) is 16.0 Å². The molecule has 7 heteroatoms. The number of rotatable bonds is 5. The van der Waals surface area contributed by atoms with Crippen molar-refractivity contribution in [2.24, 2.45) is 5.92 Å². The van der Waals surface area contributed by atoms with Crippen LogP contribution in [0.4, 0.5) is 4.79 Å². The molecule has 0 aromatic carbocycles. The number of ether oxygens (including phenoxy) is 2. The molecular weight excluding hydrogens is 308 g/mol. The normalized spacial score (nSPS) is 21.6. The van der Waals surface area contributed by atoms with Crippen LogP contribution in [-0.4, -0.2) is 72.7 Å². The van der Waals surface area contributed by atoms with Gasteiger partial charge in [0.1, 0.15) is 0 Å².